The number of anilines is 2. The van der Waals surface area contributed by atoms with E-state index in [-0.39, 0.29) is 12.5 Å². The molecule has 1 aliphatic heterocycles. The Balaban J connectivity index is 1.87. The van der Waals surface area contributed by atoms with Crippen LogP contribution in [0.5, 0.6) is 0 Å². The van der Waals surface area contributed by atoms with Gasteiger partial charge in [0.15, 0.2) is 0 Å². The second-order valence-corrected chi connectivity index (χ2v) is 9.31. The van der Waals surface area contributed by atoms with Gasteiger partial charge in [-0.15, -0.1) is 0 Å². The van der Waals surface area contributed by atoms with Crippen LogP contribution in [0.4, 0.5) is 11.4 Å². The molecule has 0 radical (unpaired) electrons. The predicted octanol–water partition coefficient (Wildman–Crippen LogP) is 5.82. The first-order valence-electron chi connectivity index (χ1n) is 8.70. The van der Waals surface area contributed by atoms with Gasteiger partial charge in [-0.2, -0.15) is 0 Å². The number of fused-ring (bicyclic) bond motifs is 1. The van der Waals surface area contributed by atoms with E-state index in [9.17, 15) is 4.79 Å². The lowest BCUT2D eigenvalue weighted by Crippen LogP contribution is -2.31. The summed E-state index contributed by atoms with van der Waals surface area (Å²) < 4.78 is 7.42. The number of hydrogen-bond acceptors (Lipinski definition) is 5. The summed E-state index contributed by atoms with van der Waals surface area (Å²) in [4.78, 5) is 13.3. The van der Waals surface area contributed by atoms with Crippen LogP contribution in [0.15, 0.2) is 41.3 Å². The Labute approximate surface area is 174 Å². The third-order valence-electron chi connectivity index (χ3n) is 3.83. The molecular weight excluding hydrogens is 403 g/mol. The van der Waals surface area contributed by atoms with Gasteiger partial charge in [-0.1, -0.05) is 23.2 Å². The van der Waals surface area contributed by atoms with Crippen molar-refractivity contribution in [2.24, 2.45) is 0 Å². The molecule has 0 bridgehead atoms. The molecule has 27 heavy (non-hydrogen) atoms. The van der Waals surface area contributed by atoms with E-state index in [2.05, 4.69) is 11.4 Å². The van der Waals surface area contributed by atoms with Gasteiger partial charge in [0.2, 0.25) is 0 Å². The molecule has 2 aromatic rings. The van der Waals surface area contributed by atoms with Crippen LogP contribution in [-0.4, -0.2) is 24.7 Å². The predicted molar refractivity (Wildman–Crippen MR) is 114 cm³/mol. The van der Waals surface area contributed by atoms with Crippen LogP contribution < -0.4 is 9.62 Å². The molecule has 0 fully saturated rings. The van der Waals surface area contributed by atoms with Gasteiger partial charge < -0.3 is 14.4 Å². The van der Waals surface area contributed by atoms with Crippen LogP contribution in [0.3, 0.4) is 0 Å². The van der Waals surface area contributed by atoms with Crippen LogP contribution >= 0.6 is 35.1 Å². The second kappa shape index (κ2) is 8.21. The Kier molecular flexibility index (Phi) is 6.14. The third-order valence-corrected chi connectivity index (χ3v) is 5.27. The smallest absolute Gasteiger partial charge is 0.327 e. The number of rotatable bonds is 5. The van der Waals surface area contributed by atoms with Crippen molar-refractivity contribution in [1.29, 1.82) is 0 Å². The first kappa shape index (κ1) is 20.2. The Morgan fingerprint density at radius 2 is 1.89 bits per heavy atom. The maximum absolute atomic E-state index is 12.5. The first-order chi connectivity index (χ1) is 12.7. The lowest BCUT2D eigenvalue weighted by Gasteiger charge is -2.26. The van der Waals surface area contributed by atoms with Crippen LogP contribution in [0.25, 0.3) is 0 Å². The van der Waals surface area contributed by atoms with E-state index >= 15 is 0 Å². The number of esters is 1. The summed E-state index contributed by atoms with van der Waals surface area (Å²) in [5, 5.41) is 4.46. The van der Waals surface area contributed by atoms with Crippen molar-refractivity contribution in [2.75, 3.05) is 22.7 Å². The normalized spacial score (nSPS) is 13.1. The van der Waals surface area contributed by atoms with Crippen molar-refractivity contribution in [3.05, 3.63) is 52.0 Å². The van der Waals surface area contributed by atoms with Crippen molar-refractivity contribution in [3.8, 4) is 0 Å². The van der Waals surface area contributed by atoms with E-state index in [4.69, 9.17) is 27.9 Å². The molecule has 1 aliphatic rings. The number of carbonyl (C=O) groups is 1. The van der Waals surface area contributed by atoms with Crippen LogP contribution in [0.2, 0.25) is 10.0 Å². The zero-order valence-electron chi connectivity index (χ0n) is 15.5. The first-order valence-corrected chi connectivity index (χ1v) is 10.2. The molecule has 0 amide bonds. The number of benzene rings is 2. The summed E-state index contributed by atoms with van der Waals surface area (Å²) >= 11 is 13.7. The lowest BCUT2D eigenvalue weighted by atomic mass is 10.1. The summed E-state index contributed by atoms with van der Waals surface area (Å²) in [5.74, 6) is -0.290. The van der Waals surface area contributed by atoms with Gasteiger partial charge in [0.1, 0.15) is 12.1 Å². The van der Waals surface area contributed by atoms with Crippen LogP contribution in [0.1, 0.15) is 26.3 Å². The highest BCUT2D eigenvalue weighted by Gasteiger charge is 2.22. The quantitative estimate of drug-likeness (QED) is 0.483. The number of nitrogens with zero attached hydrogens (tertiary/aromatic N) is 1. The van der Waals surface area contributed by atoms with E-state index in [1.807, 2.05) is 49.3 Å². The minimum absolute atomic E-state index is 0.109. The van der Waals surface area contributed by atoms with E-state index in [1.165, 1.54) is 17.5 Å². The number of hydrogen-bond donors (Lipinski definition) is 1. The highest BCUT2D eigenvalue weighted by molar-refractivity contribution is 8.00. The molecule has 1 N–H and O–H groups in total. The molecule has 4 nitrogen and oxygen atoms in total. The van der Waals surface area contributed by atoms with E-state index in [0.717, 1.165) is 29.2 Å². The van der Waals surface area contributed by atoms with E-state index in [1.54, 1.807) is 6.07 Å². The molecule has 1 heterocycles. The zero-order valence-corrected chi connectivity index (χ0v) is 17.8. The lowest BCUT2D eigenvalue weighted by molar-refractivity contribution is -0.152. The molecule has 0 spiro atoms. The molecule has 0 saturated carbocycles. The van der Waals surface area contributed by atoms with Crippen molar-refractivity contribution < 1.29 is 9.53 Å². The number of halogens is 2. The van der Waals surface area contributed by atoms with Crippen molar-refractivity contribution in [2.45, 2.75) is 37.7 Å². The molecule has 3 rings (SSSR count). The SMILES string of the molecule is CC(C)(C)OC(=O)CN(Sc1cc(Cl)cc(Cl)c1)c1ccc2c(c1)CCN2. The average Bonchev–Trinajstić information content (AvgIpc) is 2.98. The fraction of sp³-hybridized carbons (Fsp3) is 0.350. The zero-order chi connectivity index (χ0) is 19.6. The number of nitrogens with one attached hydrogen (secondary N) is 1. The average molecular weight is 425 g/mol. The summed E-state index contributed by atoms with van der Waals surface area (Å²) in [6.07, 6.45) is 0.969. The molecule has 0 atom stereocenters. The Morgan fingerprint density at radius 3 is 2.56 bits per heavy atom. The van der Waals surface area contributed by atoms with Gasteiger partial charge in [0.05, 0.1) is 0 Å². The fourth-order valence-electron chi connectivity index (χ4n) is 2.82. The number of carbonyl (C=O) groups excluding carboxylic acids is 1. The second-order valence-electron chi connectivity index (χ2n) is 7.34. The molecule has 144 valence electrons. The molecule has 7 heteroatoms. The largest absolute Gasteiger partial charge is 0.459 e. The maximum Gasteiger partial charge on any atom is 0.327 e. The monoisotopic (exact) mass is 424 g/mol. The highest BCUT2D eigenvalue weighted by atomic mass is 35.5. The minimum Gasteiger partial charge on any atom is -0.459 e. The van der Waals surface area contributed by atoms with Gasteiger partial charge in [-0.3, -0.25) is 4.79 Å². The minimum atomic E-state index is -0.533. The Morgan fingerprint density at radius 1 is 1.19 bits per heavy atom. The molecular formula is C20H22Cl2N2O2S. The van der Waals surface area contributed by atoms with Gasteiger partial charge in [-0.05, 0) is 81.1 Å². The molecule has 0 aromatic heterocycles. The third kappa shape index (κ3) is 5.71. The van der Waals surface area contributed by atoms with Crippen LogP contribution in [-0.2, 0) is 16.0 Å². The van der Waals surface area contributed by atoms with Gasteiger partial charge in [0, 0.05) is 32.9 Å². The van der Waals surface area contributed by atoms with Crippen LogP contribution in [0, 0.1) is 0 Å². The van der Waals surface area contributed by atoms with Crippen molar-refractivity contribution in [1.82, 2.24) is 0 Å². The van der Waals surface area contributed by atoms with Gasteiger partial charge >= 0.3 is 5.97 Å². The molecule has 2 aromatic carbocycles. The maximum atomic E-state index is 12.5. The molecule has 0 saturated heterocycles. The topological polar surface area (TPSA) is 41.6 Å². The summed E-state index contributed by atoms with van der Waals surface area (Å²) in [7, 11) is 0. The highest BCUT2D eigenvalue weighted by Crippen LogP contribution is 2.35. The fourth-order valence-corrected chi connectivity index (χ4v) is 4.48. The summed E-state index contributed by atoms with van der Waals surface area (Å²) in [5.41, 5.74) is 2.79. The summed E-state index contributed by atoms with van der Waals surface area (Å²) in [6.45, 7) is 6.63. The van der Waals surface area contributed by atoms with E-state index in [0.29, 0.717) is 10.0 Å². The van der Waals surface area contributed by atoms with E-state index < -0.39 is 5.60 Å². The van der Waals surface area contributed by atoms with Crippen molar-refractivity contribution >= 4 is 52.5 Å². The molecule has 0 unspecified atom stereocenters. The van der Waals surface area contributed by atoms with Gasteiger partial charge in [0.25, 0.3) is 0 Å². The number of ether oxygens (including phenoxy) is 1. The Hall–Kier alpha value is -1.56. The Bertz CT molecular complexity index is 832. The molecule has 0 aliphatic carbocycles. The van der Waals surface area contributed by atoms with Crippen molar-refractivity contribution in [3.63, 3.8) is 0 Å². The van der Waals surface area contributed by atoms with Gasteiger partial charge in [-0.25, -0.2) is 0 Å². The standard InChI is InChI=1S/C20H22Cl2N2O2S/c1-20(2,3)26-19(25)12-24(27-17-10-14(21)9-15(22)11-17)16-4-5-18-13(8-16)6-7-23-18/h4-5,8-11,23H,6-7,12H2,1-3H3. The summed E-state index contributed by atoms with van der Waals surface area (Å²) in [6, 6.07) is 11.5.